The monoisotopic (exact) mass is 703 g/mol. The van der Waals surface area contributed by atoms with Crippen LogP contribution in [-0.2, 0) is 9.59 Å². The van der Waals surface area contributed by atoms with Gasteiger partial charge >= 0.3 is 0 Å². The van der Waals surface area contributed by atoms with E-state index in [1.54, 1.807) is 18.2 Å². The summed E-state index contributed by atoms with van der Waals surface area (Å²) >= 11 is 47.8. The summed E-state index contributed by atoms with van der Waals surface area (Å²) in [5.74, 6) is -4.44. The Labute approximate surface area is 267 Å². The predicted octanol–water partition coefficient (Wildman–Crippen LogP) is 8.87. The Morgan fingerprint density at radius 1 is 0.775 bits per heavy atom. The van der Waals surface area contributed by atoms with Crippen molar-refractivity contribution in [2.24, 2.45) is 5.92 Å². The molecule has 3 aromatic carbocycles. The number of hydrogen-bond donors (Lipinski definition) is 3. The zero-order valence-electron chi connectivity index (χ0n) is 19.5. The molecule has 1 aliphatic rings. The van der Waals surface area contributed by atoms with Crippen molar-refractivity contribution in [3.8, 4) is 0 Å². The number of benzene rings is 3. The van der Waals surface area contributed by atoms with Crippen molar-refractivity contribution in [1.82, 2.24) is 0 Å². The molecule has 0 heterocycles. The van der Waals surface area contributed by atoms with Crippen molar-refractivity contribution in [2.75, 3.05) is 16.0 Å². The quantitative estimate of drug-likeness (QED) is 0.224. The van der Waals surface area contributed by atoms with Crippen molar-refractivity contribution in [2.45, 2.75) is 14.0 Å². The first kappa shape index (κ1) is 31.3. The third kappa shape index (κ3) is 6.85. The summed E-state index contributed by atoms with van der Waals surface area (Å²) in [6, 6.07) is 12.2. The molecule has 1 saturated carbocycles. The van der Waals surface area contributed by atoms with Crippen LogP contribution in [0.4, 0.5) is 21.5 Å². The first-order chi connectivity index (χ1) is 18.6. The van der Waals surface area contributed by atoms with Gasteiger partial charge in [-0.05, 0) is 54.1 Å². The molecule has 210 valence electrons. The van der Waals surface area contributed by atoms with Gasteiger partial charge in [-0.3, -0.25) is 14.4 Å². The Kier molecular flexibility index (Phi) is 9.30. The summed E-state index contributed by atoms with van der Waals surface area (Å²) in [5, 5.41) is 8.08. The van der Waals surface area contributed by atoms with Crippen molar-refractivity contribution in [1.29, 1.82) is 0 Å². The zero-order valence-corrected chi connectivity index (χ0v) is 25.5. The molecule has 3 N–H and O–H groups in total. The van der Waals surface area contributed by atoms with E-state index in [9.17, 15) is 18.8 Å². The van der Waals surface area contributed by atoms with Gasteiger partial charge in [0.25, 0.3) is 15.6 Å². The molecule has 3 aromatic rings. The maximum atomic E-state index is 13.8. The third-order valence-corrected chi connectivity index (χ3v) is 8.38. The SMILES string of the molecule is O=C(Nc1ccc(F)cc1NC(=O)C(Cl)(Cl)Cl)c1cc(NC(=O)C2C(c3ccc(Cl)c(Cl)c3)C2(Cl)Cl)ccc1Cl. The average molecular weight is 707 g/mol. The van der Waals surface area contributed by atoms with Crippen molar-refractivity contribution >= 4 is 128 Å². The van der Waals surface area contributed by atoms with Crippen LogP contribution >= 0.6 is 92.8 Å². The van der Waals surface area contributed by atoms with E-state index in [1.165, 1.54) is 24.3 Å². The first-order valence-corrected chi connectivity index (χ1v) is 14.0. The zero-order chi connectivity index (χ0) is 29.6. The topological polar surface area (TPSA) is 87.3 Å². The number of hydrogen-bond acceptors (Lipinski definition) is 3. The highest BCUT2D eigenvalue weighted by Gasteiger charge is 2.67. The van der Waals surface area contributed by atoms with Gasteiger partial charge in [0.05, 0.1) is 37.9 Å². The smallest absolute Gasteiger partial charge is 0.276 e. The molecule has 3 amide bonds. The number of anilines is 3. The average Bonchev–Trinajstić information content (AvgIpc) is 3.44. The van der Waals surface area contributed by atoms with Gasteiger partial charge in [0.2, 0.25) is 5.91 Å². The second kappa shape index (κ2) is 11.9. The third-order valence-electron chi connectivity index (χ3n) is 5.85. The Morgan fingerprint density at radius 3 is 2.10 bits per heavy atom. The normalized spacial score (nSPS) is 17.6. The van der Waals surface area contributed by atoms with Crippen LogP contribution in [0, 0.1) is 11.7 Å². The van der Waals surface area contributed by atoms with Crippen LogP contribution in [-0.4, -0.2) is 25.8 Å². The molecule has 0 aromatic heterocycles. The second-order valence-electron chi connectivity index (χ2n) is 8.58. The fourth-order valence-electron chi connectivity index (χ4n) is 3.88. The van der Waals surface area contributed by atoms with E-state index in [4.69, 9.17) is 92.8 Å². The van der Waals surface area contributed by atoms with Gasteiger partial charge in [0.1, 0.15) is 10.2 Å². The molecule has 4 rings (SSSR count). The maximum absolute atomic E-state index is 13.8. The Hall–Kier alpha value is -1.68. The van der Waals surface area contributed by atoms with Crippen molar-refractivity contribution in [3.05, 3.63) is 86.6 Å². The summed E-state index contributed by atoms with van der Waals surface area (Å²) in [4.78, 5) is 38.2. The lowest BCUT2D eigenvalue weighted by Gasteiger charge is -2.16. The Bertz CT molecular complexity index is 1530. The van der Waals surface area contributed by atoms with E-state index >= 15 is 0 Å². The number of alkyl halides is 5. The summed E-state index contributed by atoms with van der Waals surface area (Å²) in [6.45, 7) is 0. The highest BCUT2D eigenvalue weighted by atomic mass is 35.6. The highest BCUT2D eigenvalue weighted by Crippen LogP contribution is 2.65. The molecule has 0 radical (unpaired) electrons. The van der Waals surface area contributed by atoms with Crippen LogP contribution in [0.2, 0.25) is 15.1 Å². The summed E-state index contributed by atoms with van der Waals surface area (Å²) in [7, 11) is 0. The highest BCUT2D eigenvalue weighted by molar-refractivity contribution is 6.76. The van der Waals surface area contributed by atoms with E-state index < -0.39 is 43.5 Å². The minimum absolute atomic E-state index is 0.0176. The van der Waals surface area contributed by atoms with Crippen LogP contribution < -0.4 is 16.0 Å². The van der Waals surface area contributed by atoms with Crippen LogP contribution in [0.15, 0.2) is 54.6 Å². The van der Waals surface area contributed by atoms with Gasteiger partial charge in [0.15, 0.2) is 0 Å². The van der Waals surface area contributed by atoms with E-state index in [-0.39, 0.29) is 27.6 Å². The lowest BCUT2D eigenvalue weighted by Crippen LogP contribution is -2.27. The number of rotatable bonds is 6. The molecule has 2 unspecified atom stereocenters. The molecule has 6 nitrogen and oxygen atoms in total. The van der Waals surface area contributed by atoms with Gasteiger partial charge in [-0.25, -0.2) is 4.39 Å². The van der Waals surface area contributed by atoms with Gasteiger partial charge in [-0.15, -0.1) is 23.2 Å². The van der Waals surface area contributed by atoms with Crippen LogP contribution in [0.5, 0.6) is 0 Å². The Balaban J connectivity index is 1.52. The van der Waals surface area contributed by atoms with Gasteiger partial charge < -0.3 is 16.0 Å². The van der Waals surface area contributed by atoms with E-state index in [1.807, 2.05) is 0 Å². The van der Waals surface area contributed by atoms with Gasteiger partial charge in [-0.1, -0.05) is 75.7 Å². The molecule has 0 bridgehead atoms. The molecule has 1 fully saturated rings. The number of halogens is 9. The first-order valence-electron chi connectivity index (χ1n) is 11.0. The van der Waals surface area contributed by atoms with Crippen LogP contribution in [0.3, 0.4) is 0 Å². The molecule has 0 spiro atoms. The molecule has 40 heavy (non-hydrogen) atoms. The molecule has 15 heteroatoms. The molecule has 1 aliphatic carbocycles. The van der Waals surface area contributed by atoms with E-state index in [0.29, 0.717) is 15.6 Å². The van der Waals surface area contributed by atoms with E-state index in [2.05, 4.69) is 16.0 Å². The maximum Gasteiger partial charge on any atom is 0.276 e. The van der Waals surface area contributed by atoms with E-state index in [0.717, 1.165) is 12.1 Å². The molecular formula is C25H14Cl8FN3O3. The van der Waals surface area contributed by atoms with Crippen molar-refractivity contribution < 1.29 is 18.8 Å². The molecule has 2 atom stereocenters. The van der Waals surface area contributed by atoms with Gasteiger partial charge in [0, 0.05) is 11.6 Å². The van der Waals surface area contributed by atoms with Gasteiger partial charge in [-0.2, -0.15) is 0 Å². The molecular weight excluding hydrogens is 693 g/mol. The fraction of sp³-hybridized carbons (Fsp3) is 0.160. The summed E-state index contributed by atoms with van der Waals surface area (Å²) in [6.07, 6.45) is 0. The lowest BCUT2D eigenvalue weighted by atomic mass is 10.1. The molecule has 0 saturated heterocycles. The number of amides is 3. The lowest BCUT2D eigenvalue weighted by molar-refractivity contribution is -0.117. The standard InChI is InChI=1S/C25H14Cl8FN3O3/c26-14-5-3-12(35-22(39)20-19(24(20,29)30)10-1-4-15(27)16(28)7-10)9-13(14)21(38)36-17-6-2-11(34)8-18(17)37-23(40)25(31,32)33/h1-9,19-20H,(H,35,39)(H,36,38)(H,37,40). The van der Waals surface area contributed by atoms with Crippen LogP contribution in [0.25, 0.3) is 0 Å². The minimum Gasteiger partial charge on any atom is -0.326 e. The van der Waals surface area contributed by atoms with Crippen LogP contribution in [0.1, 0.15) is 21.8 Å². The summed E-state index contributed by atoms with van der Waals surface area (Å²) in [5.41, 5.74) is 0.603. The van der Waals surface area contributed by atoms with Crippen molar-refractivity contribution in [3.63, 3.8) is 0 Å². The number of nitrogens with one attached hydrogen (secondary N) is 3. The largest absolute Gasteiger partial charge is 0.326 e. The second-order valence-corrected chi connectivity index (χ2v) is 13.5. The molecule has 0 aliphatic heterocycles. The fourth-order valence-corrected chi connectivity index (χ4v) is 5.36. The number of carbonyl (C=O) groups excluding carboxylic acids is 3. The summed E-state index contributed by atoms with van der Waals surface area (Å²) < 4.78 is 10.1. The predicted molar refractivity (Wildman–Crippen MR) is 160 cm³/mol. The number of carbonyl (C=O) groups is 3. The minimum atomic E-state index is -2.34. The Morgan fingerprint density at radius 2 is 1.45 bits per heavy atom.